The van der Waals surface area contributed by atoms with E-state index in [1.165, 1.54) is 0 Å². The van der Waals surface area contributed by atoms with Crippen LogP contribution in [-0.2, 0) is 0 Å². The molecule has 1 amide bonds. The van der Waals surface area contributed by atoms with Crippen molar-refractivity contribution in [1.29, 1.82) is 0 Å². The highest BCUT2D eigenvalue weighted by Gasteiger charge is 2.16. The first kappa shape index (κ1) is 18.9. The summed E-state index contributed by atoms with van der Waals surface area (Å²) in [4.78, 5) is 23.5. The molecule has 0 atom stereocenters. The quantitative estimate of drug-likeness (QED) is 0.845. The fraction of sp³-hybridized carbons (Fsp3) is 0.421. The first-order valence-electron chi connectivity index (χ1n) is 8.40. The van der Waals surface area contributed by atoms with Gasteiger partial charge in [-0.1, -0.05) is 30.3 Å². The van der Waals surface area contributed by atoms with Gasteiger partial charge in [0.15, 0.2) is 5.82 Å². The summed E-state index contributed by atoms with van der Waals surface area (Å²) in [5.74, 6) is 0.977. The average molecular weight is 341 g/mol. The topological polar surface area (TPSA) is 70.2 Å². The largest absolute Gasteiger partial charge is 0.365 e. The Morgan fingerprint density at radius 3 is 2.40 bits per heavy atom. The number of nitrogens with one attached hydrogen (secondary N) is 2. The highest BCUT2D eigenvalue weighted by molar-refractivity contribution is 5.93. The summed E-state index contributed by atoms with van der Waals surface area (Å²) < 4.78 is 0. The van der Waals surface area contributed by atoms with Crippen molar-refractivity contribution in [3.8, 4) is 11.4 Å². The summed E-state index contributed by atoms with van der Waals surface area (Å²) in [6, 6.07) is 11.4. The summed E-state index contributed by atoms with van der Waals surface area (Å²) >= 11 is 0. The van der Waals surface area contributed by atoms with Gasteiger partial charge < -0.3 is 15.5 Å². The van der Waals surface area contributed by atoms with Gasteiger partial charge in [-0.3, -0.25) is 4.79 Å². The molecule has 0 spiro atoms. The molecule has 0 fully saturated rings. The van der Waals surface area contributed by atoms with Gasteiger partial charge in [0, 0.05) is 30.3 Å². The first-order chi connectivity index (χ1) is 11.7. The Labute approximate surface area is 149 Å². The number of nitrogens with zero attached hydrogens (tertiary/aromatic N) is 3. The van der Waals surface area contributed by atoms with Crippen LogP contribution in [0.1, 0.15) is 31.3 Å². The fourth-order valence-corrected chi connectivity index (χ4v) is 2.21. The van der Waals surface area contributed by atoms with Crippen molar-refractivity contribution in [2.75, 3.05) is 32.5 Å². The van der Waals surface area contributed by atoms with Gasteiger partial charge >= 0.3 is 0 Å². The molecule has 6 nitrogen and oxygen atoms in total. The second kappa shape index (κ2) is 8.07. The predicted octanol–water partition coefficient (Wildman–Crippen LogP) is 2.65. The smallest absolute Gasteiger partial charge is 0.270 e. The Kier molecular flexibility index (Phi) is 6.09. The number of benzene rings is 1. The number of likely N-dealkylation sites (N-methyl/N-ethyl adjacent to an activating group) is 1. The van der Waals surface area contributed by atoms with Gasteiger partial charge in [0.2, 0.25) is 0 Å². The second-order valence-corrected chi connectivity index (χ2v) is 7.26. The van der Waals surface area contributed by atoms with Crippen molar-refractivity contribution in [2.24, 2.45) is 0 Å². The van der Waals surface area contributed by atoms with Gasteiger partial charge in [-0.25, -0.2) is 9.97 Å². The van der Waals surface area contributed by atoms with Crippen molar-refractivity contribution in [3.05, 3.63) is 42.1 Å². The zero-order valence-electron chi connectivity index (χ0n) is 15.6. The fourth-order valence-electron chi connectivity index (χ4n) is 2.21. The Balaban J connectivity index is 2.31. The molecule has 0 bridgehead atoms. The lowest BCUT2D eigenvalue weighted by atomic mass is 10.1. The van der Waals surface area contributed by atoms with Crippen LogP contribution >= 0.6 is 0 Å². The van der Waals surface area contributed by atoms with E-state index in [4.69, 9.17) is 0 Å². The third-order valence-corrected chi connectivity index (χ3v) is 3.34. The zero-order valence-corrected chi connectivity index (χ0v) is 15.6. The summed E-state index contributed by atoms with van der Waals surface area (Å²) in [7, 11) is 3.94. The normalized spacial score (nSPS) is 11.4. The van der Waals surface area contributed by atoms with Crippen LogP contribution in [-0.4, -0.2) is 53.5 Å². The third-order valence-electron chi connectivity index (χ3n) is 3.34. The molecule has 1 aromatic heterocycles. The van der Waals surface area contributed by atoms with E-state index in [1.807, 2.05) is 70.1 Å². The molecule has 0 radical (unpaired) electrons. The van der Waals surface area contributed by atoms with E-state index in [1.54, 1.807) is 6.07 Å². The zero-order chi connectivity index (χ0) is 18.4. The van der Waals surface area contributed by atoms with E-state index in [9.17, 15) is 4.79 Å². The molecule has 1 heterocycles. The van der Waals surface area contributed by atoms with Crippen molar-refractivity contribution in [2.45, 2.75) is 26.3 Å². The van der Waals surface area contributed by atoms with E-state index in [2.05, 4.69) is 20.6 Å². The number of hydrogen-bond acceptors (Lipinski definition) is 5. The number of carbonyl (C=O) groups is 1. The molecule has 2 rings (SSSR count). The van der Waals surface area contributed by atoms with E-state index < -0.39 is 0 Å². The van der Waals surface area contributed by atoms with Crippen LogP contribution in [0.15, 0.2) is 36.4 Å². The van der Waals surface area contributed by atoms with Crippen LogP contribution in [0.4, 0.5) is 5.82 Å². The maximum atomic E-state index is 12.5. The van der Waals surface area contributed by atoms with Crippen LogP contribution in [0, 0.1) is 0 Å². The molecular weight excluding hydrogens is 314 g/mol. The van der Waals surface area contributed by atoms with Gasteiger partial charge in [0.05, 0.1) is 0 Å². The van der Waals surface area contributed by atoms with Gasteiger partial charge in [-0.15, -0.1) is 0 Å². The lowest BCUT2D eigenvalue weighted by Gasteiger charge is -2.22. The number of hydrogen-bond donors (Lipinski definition) is 2. The summed E-state index contributed by atoms with van der Waals surface area (Å²) in [5, 5.41) is 6.22. The molecule has 1 aromatic carbocycles. The van der Waals surface area contributed by atoms with Crippen LogP contribution in [0.5, 0.6) is 0 Å². The standard InChI is InChI=1S/C19H27N5O/c1-19(2,3)23-16-13-15(18(25)20-11-12-24(4)5)21-17(22-16)14-9-7-6-8-10-14/h6-10,13H,11-12H2,1-5H3,(H,20,25)(H,21,22,23). The lowest BCUT2D eigenvalue weighted by Crippen LogP contribution is -2.32. The molecule has 0 saturated heterocycles. The maximum absolute atomic E-state index is 12.5. The molecule has 0 saturated carbocycles. The predicted molar refractivity (Wildman–Crippen MR) is 102 cm³/mol. The molecular formula is C19H27N5O. The van der Waals surface area contributed by atoms with E-state index in [0.717, 1.165) is 12.1 Å². The van der Waals surface area contributed by atoms with Crippen molar-refractivity contribution in [1.82, 2.24) is 20.2 Å². The number of rotatable bonds is 6. The van der Waals surface area contributed by atoms with Gasteiger partial charge in [0.25, 0.3) is 5.91 Å². The van der Waals surface area contributed by atoms with Gasteiger partial charge in [-0.2, -0.15) is 0 Å². The highest BCUT2D eigenvalue weighted by Crippen LogP contribution is 2.20. The molecule has 0 aliphatic heterocycles. The van der Waals surface area contributed by atoms with Crippen molar-refractivity contribution in [3.63, 3.8) is 0 Å². The molecule has 2 aromatic rings. The summed E-state index contributed by atoms with van der Waals surface area (Å²) in [6.45, 7) is 7.49. The average Bonchev–Trinajstić information content (AvgIpc) is 2.53. The van der Waals surface area contributed by atoms with Crippen LogP contribution in [0.2, 0.25) is 0 Å². The Bertz CT molecular complexity index is 707. The maximum Gasteiger partial charge on any atom is 0.270 e. The summed E-state index contributed by atoms with van der Waals surface area (Å²) in [6.07, 6.45) is 0. The second-order valence-electron chi connectivity index (χ2n) is 7.26. The molecule has 0 unspecified atom stereocenters. The molecule has 25 heavy (non-hydrogen) atoms. The molecule has 2 N–H and O–H groups in total. The van der Waals surface area contributed by atoms with E-state index >= 15 is 0 Å². The van der Waals surface area contributed by atoms with E-state index in [-0.39, 0.29) is 11.4 Å². The van der Waals surface area contributed by atoms with Crippen LogP contribution < -0.4 is 10.6 Å². The number of aromatic nitrogens is 2. The van der Waals surface area contributed by atoms with Crippen molar-refractivity contribution < 1.29 is 4.79 Å². The third kappa shape index (κ3) is 6.15. The number of carbonyl (C=O) groups excluding carboxylic acids is 1. The number of anilines is 1. The lowest BCUT2D eigenvalue weighted by molar-refractivity contribution is 0.0946. The minimum absolute atomic E-state index is 0.166. The molecule has 0 aliphatic carbocycles. The van der Waals surface area contributed by atoms with Crippen LogP contribution in [0.25, 0.3) is 11.4 Å². The van der Waals surface area contributed by atoms with Gasteiger partial charge in [-0.05, 0) is 34.9 Å². The monoisotopic (exact) mass is 341 g/mol. The minimum atomic E-state index is -0.196. The SMILES string of the molecule is CN(C)CCNC(=O)c1cc(NC(C)(C)C)nc(-c2ccccc2)n1. The van der Waals surface area contributed by atoms with Gasteiger partial charge in [0.1, 0.15) is 11.5 Å². The first-order valence-corrected chi connectivity index (χ1v) is 8.40. The Morgan fingerprint density at radius 2 is 1.80 bits per heavy atom. The van der Waals surface area contributed by atoms with E-state index in [0.29, 0.717) is 23.9 Å². The molecule has 6 heteroatoms. The highest BCUT2D eigenvalue weighted by atomic mass is 16.1. The molecule has 134 valence electrons. The minimum Gasteiger partial charge on any atom is -0.365 e. The Hall–Kier alpha value is -2.47. The number of amides is 1. The van der Waals surface area contributed by atoms with Crippen LogP contribution in [0.3, 0.4) is 0 Å². The van der Waals surface area contributed by atoms with Crippen molar-refractivity contribution >= 4 is 11.7 Å². The summed E-state index contributed by atoms with van der Waals surface area (Å²) in [5.41, 5.74) is 1.07. The Morgan fingerprint density at radius 1 is 1.12 bits per heavy atom. The molecule has 0 aliphatic rings.